The molecule has 0 fully saturated rings. The Bertz CT molecular complexity index is 708. The van der Waals surface area contributed by atoms with Crippen molar-refractivity contribution >= 4 is 28.7 Å². The molecule has 0 bridgehead atoms. The maximum absolute atomic E-state index is 11.8. The van der Waals surface area contributed by atoms with Crippen molar-refractivity contribution in [3.63, 3.8) is 0 Å². The quantitative estimate of drug-likeness (QED) is 0.558. The first kappa shape index (κ1) is 19.8. The van der Waals surface area contributed by atoms with Gasteiger partial charge >= 0.3 is 5.97 Å². The fourth-order valence-electron chi connectivity index (χ4n) is 2.81. The highest BCUT2D eigenvalue weighted by Crippen LogP contribution is 2.24. The number of ether oxygens (including phenoxy) is 1. The first-order valence-electron chi connectivity index (χ1n) is 8.77. The minimum atomic E-state index is -0.147. The number of nitrogens with one attached hydrogen (secondary N) is 1. The molecule has 2 aromatic rings. The Morgan fingerprint density at radius 1 is 1.16 bits per heavy atom. The first-order chi connectivity index (χ1) is 11.8. The number of carbonyl (C=O) groups excluding carboxylic acids is 1. The van der Waals surface area contributed by atoms with Gasteiger partial charge in [-0.3, -0.25) is 9.52 Å². The van der Waals surface area contributed by atoms with Crippen molar-refractivity contribution in [2.24, 2.45) is 5.92 Å². The standard InChI is InChI=1S/C21H29NO2S/c1-15(20(23)24-5)12-19(22-25-21(2,3)4)14-16-10-11-17-8-6-7-9-18(17)13-16/h6-11,13,15,19,22H,12,14H2,1-5H3/t15?,19-/m1/s1. The van der Waals surface area contributed by atoms with Gasteiger partial charge in [0.15, 0.2) is 0 Å². The summed E-state index contributed by atoms with van der Waals surface area (Å²) in [7, 11) is 1.45. The molecule has 136 valence electrons. The van der Waals surface area contributed by atoms with E-state index in [1.165, 1.54) is 23.4 Å². The lowest BCUT2D eigenvalue weighted by Crippen LogP contribution is -2.33. The van der Waals surface area contributed by atoms with Crippen LogP contribution in [0.25, 0.3) is 10.8 Å². The first-order valence-corrected chi connectivity index (χ1v) is 9.59. The summed E-state index contributed by atoms with van der Waals surface area (Å²) in [6, 6.07) is 15.2. The molecule has 0 amide bonds. The van der Waals surface area contributed by atoms with E-state index in [2.05, 4.69) is 68.0 Å². The van der Waals surface area contributed by atoms with Gasteiger partial charge in [0.25, 0.3) is 0 Å². The molecule has 2 rings (SSSR count). The van der Waals surface area contributed by atoms with Gasteiger partial charge in [0.1, 0.15) is 0 Å². The van der Waals surface area contributed by atoms with E-state index in [-0.39, 0.29) is 22.7 Å². The van der Waals surface area contributed by atoms with Gasteiger partial charge in [-0.25, -0.2) is 0 Å². The molecule has 0 radical (unpaired) electrons. The summed E-state index contributed by atoms with van der Waals surface area (Å²) in [5, 5.41) is 2.51. The topological polar surface area (TPSA) is 38.3 Å². The van der Waals surface area contributed by atoms with E-state index >= 15 is 0 Å². The van der Waals surface area contributed by atoms with Crippen LogP contribution in [0.2, 0.25) is 0 Å². The molecule has 0 aromatic heterocycles. The molecule has 0 saturated carbocycles. The Morgan fingerprint density at radius 2 is 1.84 bits per heavy atom. The third-order valence-corrected chi connectivity index (χ3v) is 5.13. The number of hydrogen-bond donors (Lipinski definition) is 1. The van der Waals surface area contributed by atoms with Crippen LogP contribution in [0.15, 0.2) is 42.5 Å². The SMILES string of the molecule is COC(=O)C(C)C[C@H](Cc1ccc2ccccc2c1)NSC(C)(C)C. The maximum atomic E-state index is 11.8. The predicted octanol–water partition coefficient (Wildman–Crippen LogP) is 4.99. The van der Waals surface area contributed by atoms with Crippen LogP contribution < -0.4 is 4.72 Å². The second kappa shape index (κ2) is 8.72. The largest absolute Gasteiger partial charge is 0.469 e. The molecule has 2 atom stereocenters. The van der Waals surface area contributed by atoms with E-state index < -0.39 is 0 Å². The molecule has 0 heterocycles. The highest BCUT2D eigenvalue weighted by Gasteiger charge is 2.22. The van der Waals surface area contributed by atoms with E-state index in [0.29, 0.717) is 0 Å². The van der Waals surface area contributed by atoms with Gasteiger partial charge in [0, 0.05) is 10.8 Å². The summed E-state index contributed by atoms with van der Waals surface area (Å²) in [4.78, 5) is 11.8. The van der Waals surface area contributed by atoms with E-state index in [1.54, 1.807) is 11.9 Å². The zero-order chi connectivity index (χ0) is 18.4. The lowest BCUT2D eigenvalue weighted by Gasteiger charge is -2.26. The normalized spacial score (nSPS) is 14.3. The predicted molar refractivity (Wildman–Crippen MR) is 108 cm³/mol. The van der Waals surface area contributed by atoms with Crippen LogP contribution in [-0.2, 0) is 16.0 Å². The molecule has 0 saturated heterocycles. The van der Waals surface area contributed by atoms with Crippen molar-refractivity contribution in [3.8, 4) is 0 Å². The Morgan fingerprint density at radius 3 is 2.48 bits per heavy atom. The van der Waals surface area contributed by atoms with Crippen molar-refractivity contribution in [2.45, 2.75) is 51.3 Å². The molecule has 2 aromatic carbocycles. The van der Waals surface area contributed by atoms with Gasteiger partial charge in [-0.1, -0.05) is 61.3 Å². The molecule has 0 aliphatic carbocycles. The number of hydrogen-bond acceptors (Lipinski definition) is 4. The number of carbonyl (C=O) groups is 1. The van der Waals surface area contributed by atoms with Crippen molar-refractivity contribution in [2.75, 3.05) is 7.11 Å². The molecule has 25 heavy (non-hydrogen) atoms. The number of methoxy groups -OCH3 is 1. The summed E-state index contributed by atoms with van der Waals surface area (Å²) >= 11 is 1.72. The summed E-state index contributed by atoms with van der Waals surface area (Å²) in [6.07, 6.45) is 1.64. The minimum Gasteiger partial charge on any atom is -0.469 e. The number of rotatable bonds is 7. The van der Waals surface area contributed by atoms with Gasteiger partial charge in [0.2, 0.25) is 0 Å². The van der Waals surface area contributed by atoms with Crippen LogP contribution in [0.3, 0.4) is 0 Å². The zero-order valence-corrected chi connectivity index (χ0v) is 16.7. The summed E-state index contributed by atoms with van der Waals surface area (Å²) in [5.74, 6) is -0.269. The summed E-state index contributed by atoms with van der Waals surface area (Å²) in [5.41, 5.74) is 1.28. The molecule has 4 heteroatoms. The van der Waals surface area contributed by atoms with Crippen LogP contribution in [0, 0.1) is 5.92 Å². The van der Waals surface area contributed by atoms with Gasteiger partial charge in [-0.2, -0.15) is 0 Å². The van der Waals surface area contributed by atoms with Crippen LogP contribution in [0.4, 0.5) is 0 Å². The number of esters is 1. The van der Waals surface area contributed by atoms with Crippen molar-refractivity contribution in [1.82, 2.24) is 4.72 Å². The van der Waals surface area contributed by atoms with E-state index in [9.17, 15) is 4.79 Å². The Balaban J connectivity index is 2.13. The molecule has 0 aliphatic heterocycles. The highest BCUT2D eigenvalue weighted by atomic mass is 32.2. The van der Waals surface area contributed by atoms with Gasteiger partial charge in [-0.15, -0.1) is 0 Å². The van der Waals surface area contributed by atoms with Gasteiger partial charge < -0.3 is 4.74 Å². The summed E-state index contributed by atoms with van der Waals surface area (Å²) < 4.78 is 8.59. The van der Waals surface area contributed by atoms with Crippen molar-refractivity contribution < 1.29 is 9.53 Å². The van der Waals surface area contributed by atoms with Crippen molar-refractivity contribution in [3.05, 3.63) is 48.0 Å². The lowest BCUT2D eigenvalue weighted by molar-refractivity contribution is -0.145. The fraction of sp³-hybridized carbons (Fsp3) is 0.476. The number of fused-ring (bicyclic) bond motifs is 1. The molecular formula is C21H29NO2S. The van der Waals surface area contributed by atoms with Crippen molar-refractivity contribution in [1.29, 1.82) is 0 Å². The lowest BCUT2D eigenvalue weighted by atomic mass is 9.95. The molecule has 1 unspecified atom stereocenters. The van der Waals surface area contributed by atoms with E-state index in [4.69, 9.17) is 4.74 Å². The Labute approximate surface area is 155 Å². The second-order valence-corrected chi connectivity index (χ2v) is 9.24. The van der Waals surface area contributed by atoms with Crippen LogP contribution >= 0.6 is 11.9 Å². The van der Waals surface area contributed by atoms with Crippen LogP contribution in [-0.4, -0.2) is 23.9 Å². The molecule has 1 N–H and O–H groups in total. The Hall–Kier alpha value is -1.52. The average molecular weight is 360 g/mol. The Kier molecular flexibility index (Phi) is 6.91. The van der Waals surface area contributed by atoms with E-state index in [0.717, 1.165) is 12.8 Å². The molecule has 0 spiro atoms. The molecular weight excluding hydrogens is 330 g/mol. The smallest absolute Gasteiger partial charge is 0.308 e. The maximum Gasteiger partial charge on any atom is 0.308 e. The third-order valence-electron chi connectivity index (χ3n) is 4.07. The fourth-order valence-corrected chi connectivity index (χ4v) is 3.51. The average Bonchev–Trinajstić information content (AvgIpc) is 2.58. The van der Waals surface area contributed by atoms with Crippen LogP contribution in [0.1, 0.15) is 39.7 Å². The van der Waals surface area contributed by atoms with Gasteiger partial charge in [0.05, 0.1) is 13.0 Å². The zero-order valence-electron chi connectivity index (χ0n) is 15.8. The van der Waals surface area contributed by atoms with E-state index in [1.807, 2.05) is 6.92 Å². The second-order valence-electron chi connectivity index (χ2n) is 7.57. The molecule has 3 nitrogen and oxygen atoms in total. The monoisotopic (exact) mass is 359 g/mol. The van der Waals surface area contributed by atoms with Crippen LogP contribution in [0.5, 0.6) is 0 Å². The third kappa shape index (κ3) is 6.37. The number of benzene rings is 2. The molecule has 0 aliphatic rings. The minimum absolute atomic E-state index is 0.121. The van der Waals surface area contributed by atoms with Gasteiger partial charge in [-0.05, 0) is 49.9 Å². The summed E-state index contributed by atoms with van der Waals surface area (Å²) in [6.45, 7) is 8.48. The highest BCUT2D eigenvalue weighted by molar-refractivity contribution is 7.98.